The first-order valence-corrected chi connectivity index (χ1v) is 15.7. The lowest BCUT2D eigenvalue weighted by Gasteiger charge is -2.44. The Morgan fingerprint density at radius 2 is 1.67 bits per heavy atom. The van der Waals surface area contributed by atoms with Gasteiger partial charge in [-0.3, -0.25) is 14.6 Å². The van der Waals surface area contributed by atoms with E-state index in [1.807, 2.05) is 0 Å². The molecule has 1 saturated carbocycles. The third-order valence-corrected chi connectivity index (χ3v) is 10.1. The molecular weight excluding hydrogens is 542 g/mol. The fourth-order valence-electron chi connectivity index (χ4n) is 8.18. The van der Waals surface area contributed by atoms with Gasteiger partial charge in [-0.2, -0.15) is 5.26 Å². The molecule has 3 heterocycles. The average molecular weight is 584 g/mol. The molecule has 226 valence electrons. The van der Waals surface area contributed by atoms with Crippen LogP contribution < -0.4 is 5.32 Å². The van der Waals surface area contributed by atoms with E-state index in [9.17, 15) is 20.0 Å². The first kappa shape index (κ1) is 28.3. The minimum Gasteiger partial charge on any atom is -0.444 e. The van der Waals surface area contributed by atoms with Gasteiger partial charge in [0, 0.05) is 25.2 Å². The van der Waals surface area contributed by atoms with E-state index in [2.05, 4.69) is 69.7 Å². The number of nitriles is 1. The lowest BCUT2D eigenvalue weighted by atomic mass is 9.92. The van der Waals surface area contributed by atoms with Crippen LogP contribution >= 0.6 is 0 Å². The summed E-state index contributed by atoms with van der Waals surface area (Å²) in [5.41, 5.74) is 4.43. The Balaban J connectivity index is 1.14. The van der Waals surface area contributed by atoms with Crippen LogP contribution in [0, 0.1) is 17.2 Å². The van der Waals surface area contributed by atoms with Gasteiger partial charge in [0.15, 0.2) is 0 Å². The number of fused-ring (bicyclic) bond motifs is 5. The molecule has 3 aliphatic heterocycles. The lowest BCUT2D eigenvalue weighted by molar-refractivity contribution is -0.136. The van der Waals surface area contributed by atoms with Crippen molar-refractivity contribution in [3.05, 3.63) is 70.8 Å². The van der Waals surface area contributed by atoms with Crippen LogP contribution in [0.1, 0.15) is 68.3 Å². The summed E-state index contributed by atoms with van der Waals surface area (Å²) in [6.45, 7) is 6.31. The maximum absolute atomic E-state index is 14.0. The SMILES string of the molecule is CC(C)(C)OC(=O)N[C@@H](CN1CC2C[C@H]1C(O)N2C1c2ccccc2CCc2ccccc21)C(=O)N1C2CC2C[C@H]1C#N. The van der Waals surface area contributed by atoms with Crippen molar-refractivity contribution in [3.8, 4) is 6.07 Å². The molecule has 9 nitrogen and oxygen atoms in total. The zero-order chi connectivity index (χ0) is 30.0. The summed E-state index contributed by atoms with van der Waals surface area (Å²) in [4.78, 5) is 33.0. The summed E-state index contributed by atoms with van der Waals surface area (Å²) >= 11 is 0. The van der Waals surface area contributed by atoms with Gasteiger partial charge in [0.1, 0.15) is 23.9 Å². The number of piperidine rings is 1. The van der Waals surface area contributed by atoms with E-state index >= 15 is 0 Å². The quantitative estimate of drug-likeness (QED) is 0.556. The van der Waals surface area contributed by atoms with Crippen LogP contribution in [0.15, 0.2) is 48.5 Å². The molecule has 5 aliphatic rings. The second-order valence-electron chi connectivity index (χ2n) is 14.0. The Bertz CT molecular complexity index is 1420. The van der Waals surface area contributed by atoms with Crippen molar-refractivity contribution in [2.45, 2.75) is 101 Å². The number of ether oxygens (including phenoxy) is 1. The number of benzene rings is 2. The number of alkyl carbamates (subject to hydrolysis) is 1. The fourth-order valence-corrected chi connectivity index (χ4v) is 8.18. The number of aryl methyl sites for hydroxylation is 2. The van der Waals surface area contributed by atoms with E-state index in [-0.39, 0.29) is 36.6 Å². The fraction of sp³-hybridized carbons (Fsp3) is 0.559. The number of likely N-dealkylation sites (tertiary alicyclic amines) is 3. The van der Waals surface area contributed by atoms with Gasteiger partial charge in [0.25, 0.3) is 0 Å². The maximum atomic E-state index is 14.0. The molecule has 2 bridgehead atoms. The van der Waals surface area contributed by atoms with Crippen molar-refractivity contribution in [1.29, 1.82) is 5.26 Å². The molecule has 7 atom stereocenters. The molecule has 0 aromatic heterocycles. The number of nitrogens with one attached hydrogen (secondary N) is 1. The van der Waals surface area contributed by atoms with Crippen molar-refractivity contribution in [2.24, 2.45) is 5.92 Å². The molecule has 2 aromatic rings. The van der Waals surface area contributed by atoms with Crippen LogP contribution in [-0.4, -0.2) is 86.9 Å². The summed E-state index contributed by atoms with van der Waals surface area (Å²) in [5, 5.41) is 24.5. The summed E-state index contributed by atoms with van der Waals surface area (Å²) in [7, 11) is 0. The van der Waals surface area contributed by atoms with E-state index < -0.39 is 30.0 Å². The highest BCUT2D eigenvalue weighted by molar-refractivity contribution is 5.87. The highest BCUT2D eigenvalue weighted by Crippen LogP contribution is 2.49. The predicted molar refractivity (Wildman–Crippen MR) is 160 cm³/mol. The third kappa shape index (κ3) is 5.09. The van der Waals surface area contributed by atoms with Crippen LogP contribution in [0.4, 0.5) is 4.79 Å². The Hall–Kier alpha value is -3.45. The highest BCUT2D eigenvalue weighted by atomic mass is 16.6. The maximum Gasteiger partial charge on any atom is 0.408 e. The third-order valence-electron chi connectivity index (χ3n) is 10.1. The average Bonchev–Trinajstić information content (AvgIpc) is 3.35. The van der Waals surface area contributed by atoms with Crippen molar-refractivity contribution in [1.82, 2.24) is 20.0 Å². The molecule has 0 spiro atoms. The van der Waals surface area contributed by atoms with Crippen LogP contribution in [0.3, 0.4) is 0 Å². The molecule has 4 fully saturated rings. The number of hydrogen-bond acceptors (Lipinski definition) is 7. The molecule has 2 N–H and O–H groups in total. The highest BCUT2D eigenvalue weighted by Gasteiger charge is 2.57. The second-order valence-corrected chi connectivity index (χ2v) is 14.0. The number of aliphatic hydroxyl groups excluding tert-OH is 1. The number of aliphatic hydroxyl groups is 1. The zero-order valence-corrected chi connectivity index (χ0v) is 25.1. The lowest BCUT2D eigenvalue weighted by Crippen LogP contribution is -2.60. The van der Waals surface area contributed by atoms with Crippen LogP contribution in [-0.2, 0) is 22.4 Å². The number of amides is 2. The van der Waals surface area contributed by atoms with Gasteiger partial charge in [-0.1, -0.05) is 48.5 Å². The van der Waals surface area contributed by atoms with Crippen molar-refractivity contribution < 1.29 is 19.4 Å². The molecule has 2 aliphatic carbocycles. The Morgan fingerprint density at radius 3 is 2.28 bits per heavy atom. The van der Waals surface area contributed by atoms with Crippen LogP contribution in [0.25, 0.3) is 0 Å². The van der Waals surface area contributed by atoms with Gasteiger partial charge < -0.3 is 20.1 Å². The molecule has 4 unspecified atom stereocenters. The second kappa shape index (κ2) is 10.6. The largest absolute Gasteiger partial charge is 0.444 e. The van der Waals surface area contributed by atoms with Gasteiger partial charge >= 0.3 is 6.09 Å². The van der Waals surface area contributed by atoms with E-state index in [4.69, 9.17) is 4.74 Å². The summed E-state index contributed by atoms with van der Waals surface area (Å²) in [6.07, 6.45) is 2.95. The molecule has 7 rings (SSSR count). The van der Waals surface area contributed by atoms with Gasteiger partial charge in [0.05, 0.1) is 18.2 Å². The number of nitrogens with zero attached hydrogens (tertiary/aromatic N) is 4. The van der Waals surface area contributed by atoms with E-state index in [0.717, 1.165) is 25.7 Å². The Morgan fingerprint density at radius 1 is 1.02 bits per heavy atom. The van der Waals surface area contributed by atoms with E-state index in [1.54, 1.807) is 25.7 Å². The molecule has 43 heavy (non-hydrogen) atoms. The normalized spacial score (nSPS) is 30.5. The summed E-state index contributed by atoms with van der Waals surface area (Å²) < 4.78 is 5.53. The number of piperazine rings is 1. The first-order valence-electron chi connectivity index (χ1n) is 15.7. The molecule has 2 amide bonds. The van der Waals surface area contributed by atoms with Gasteiger partial charge in [0.2, 0.25) is 5.91 Å². The Kier molecular flexibility index (Phi) is 6.99. The first-order chi connectivity index (χ1) is 20.6. The topological polar surface area (TPSA) is 109 Å². The number of carbonyl (C=O) groups is 2. The smallest absolute Gasteiger partial charge is 0.408 e. The Labute approximate surface area is 253 Å². The molecular formula is C34H41N5O4. The van der Waals surface area contributed by atoms with Gasteiger partial charge in [-0.25, -0.2) is 4.79 Å². The number of carbonyl (C=O) groups excluding carboxylic acids is 2. The monoisotopic (exact) mass is 583 g/mol. The molecule has 9 heteroatoms. The summed E-state index contributed by atoms with van der Waals surface area (Å²) in [6, 6.07) is 18.1. The van der Waals surface area contributed by atoms with Gasteiger partial charge in [-0.15, -0.1) is 0 Å². The van der Waals surface area contributed by atoms with Crippen LogP contribution in [0.2, 0.25) is 0 Å². The number of hydrogen-bond donors (Lipinski definition) is 2. The standard InChI is InChI=1S/C34H41N5O4/c1-34(2,3)43-33(42)36-27(31(40)38-23(17-35)14-22-15-28(22)38)19-37-18-24-16-29(37)32(41)39(24)30-25-10-6-4-8-20(25)12-13-21-9-5-7-11-26(21)30/h4-11,22-24,27-30,32,41H,12-16,18-19H2,1-3H3,(H,36,42)/t22?,23-,24?,27-,28?,29-,32?/m0/s1. The minimum atomic E-state index is -0.871. The van der Waals surface area contributed by atoms with E-state index in [0.29, 0.717) is 18.9 Å². The molecule has 3 saturated heterocycles. The van der Waals surface area contributed by atoms with Crippen LogP contribution in [0.5, 0.6) is 0 Å². The predicted octanol–water partition coefficient (Wildman–Crippen LogP) is 3.36. The van der Waals surface area contributed by atoms with Crippen molar-refractivity contribution >= 4 is 12.0 Å². The van der Waals surface area contributed by atoms with Gasteiger partial charge in [-0.05, 0) is 81.0 Å². The molecule has 2 aromatic carbocycles. The minimum absolute atomic E-state index is 0.0489. The van der Waals surface area contributed by atoms with E-state index in [1.165, 1.54) is 22.3 Å². The summed E-state index contributed by atoms with van der Waals surface area (Å²) in [5.74, 6) is 0.141. The van der Waals surface area contributed by atoms with Crippen molar-refractivity contribution in [2.75, 3.05) is 13.1 Å². The zero-order valence-electron chi connectivity index (χ0n) is 25.1. The molecule has 0 radical (unpaired) electrons. The van der Waals surface area contributed by atoms with Crippen molar-refractivity contribution in [3.63, 3.8) is 0 Å². The number of rotatable bonds is 5.